The highest BCUT2D eigenvalue weighted by molar-refractivity contribution is 4.85. The van der Waals surface area contributed by atoms with E-state index in [1.807, 2.05) is 0 Å². The molecule has 0 aromatic rings. The Morgan fingerprint density at radius 3 is 3.00 bits per heavy atom. The van der Waals surface area contributed by atoms with E-state index in [-0.39, 0.29) is 0 Å². The maximum atomic E-state index is 6.09. The highest BCUT2D eigenvalue weighted by atomic mass is 16.6. The van der Waals surface area contributed by atoms with Crippen molar-refractivity contribution in [3.63, 3.8) is 0 Å². The summed E-state index contributed by atoms with van der Waals surface area (Å²) in [6.45, 7) is 5.01. The minimum absolute atomic E-state index is 0.360. The van der Waals surface area contributed by atoms with Gasteiger partial charge in [0.15, 0.2) is 0 Å². The third kappa shape index (κ3) is 3.16. The maximum Gasteiger partial charge on any atom is 0.0834 e. The van der Waals surface area contributed by atoms with E-state index in [2.05, 4.69) is 12.2 Å². The molecule has 2 aliphatic rings. The average molecular weight is 213 g/mol. The number of nitrogens with one attached hydrogen (secondary N) is 1. The lowest BCUT2D eigenvalue weighted by Crippen LogP contribution is -2.39. The Morgan fingerprint density at radius 2 is 2.27 bits per heavy atom. The SMILES string of the molecule is CCCNC1CCCC1OC1CCOC1. The molecule has 1 saturated carbocycles. The van der Waals surface area contributed by atoms with Gasteiger partial charge in [-0.15, -0.1) is 0 Å². The summed E-state index contributed by atoms with van der Waals surface area (Å²) in [5.74, 6) is 0. The summed E-state index contributed by atoms with van der Waals surface area (Å²) >= 11 is 0. The van der Waals surface area contributed by atoms with E-state index in [4.69, 9.17) is 9.47 Å². The first-order chi connectivity index (χ1) is 7.40. The molecule has 0 spiro atoms. The monoisotopic (exact) mass is 213 g/mol. The summed E-state index contributed by atoms with van der Waals surface area (Å²) in [7, 11) is 0. The molecule has 3 nitrogen and oxygen atoms in total. The van der Waals surface area contributed by atoms with Gasteiger partial charge in [-0.1, -0.05) is 6.92 Å². The lowest BCUT2D eigenvalue weighted by Gasteiger charge is -2.24. The van der Waals surface area contributed by atoms with Gasteiger partial charge >= 0.3 is 0 Å². The highest BCUT2D eigenvalue weighted by Crippen LogP contribution is 2.25. The van der Waals surface area contributed by atoms with Crippen LogP contribution in [0, 0.1) is 0 Å². The molecule has 3 heteroatoms. The van der Waals surface area contributed by atoms with Crippen molar-refractivity contribution in [3.05, 3.63) is 0 Å². The fourth-order valence-electron chi connectivity index (χ4n) is 2.52. The molecule has 2 rings (SSSR count). The molecule has 1 N–H and O–H groups in total. The minimum Gasteiger partial charge on any atom is -0.379 e. The van der Waals surface area contributed by atoms with Crippen molar-refractivity contribution in [1.82, 2.24) is 5.32 Å². The van der Waals surface area contributed by atoms with Crippen molar-refractivity contribution in [3.8, 4) is 0 Å². The Morgan fingerprint density at radius 1 is 1.33 bits per heavy atom. The molecule has 1 aliphatic heterocycles. The minimum atomic E-state index is 0.360. The van der Waals surface area contributed by atoms with Crippen molar-refractivity contribution in [2.45, 2.75) is 57.3 Å². The third-order valence-corrected chi connectivity index (χ3v) is 3.36. The van der Waals surface area contributed by atoms with Gasteiger partial charge in [-0.2, -0.15) is 0 Å². The van der Waals surface area contributed by atoms with Crippen molar-refractivity contribution in [1.29, 1.82) is 0 Å². The van der Waals surface area contributed by atoms with Crippen molar-refractivity contribution in [2.24, 2.45) is 0 Å². The number of ether oxygens (including phenoxy) is 2. The van der Waals surface area contributed by atoms with Crippen LogP contribution in [0.2, 0.25) is 0 Å². The Bertz CT molecular complexity index is 180. The Labute approximate surface area is 92.5 Å². The summed E-state index contributed by atoms with van der Waals surface area (Å²) in [4.78, 5) is 0. The highest BCUT2D eigenvalue weighted by Gasteiger charge is 2.30. The average Bonchev–Trinajstić information content (AvgIpc) is 2.87. The van der Waals surface area contributed by atoms with Gasteiger partial charge in [0.1, 0.15) is 0 Å². The van der Waals surface area contributed by atoms with Gasteiger partial charge in [0, 0.05) is 12.6 Å². The van der Waals surface area contributed by atoms with Crippen molar-refractivity contribution < 1.29 is 9.47 Å². The van der Waals surface area contributed by atoms with E-state index in [1.54, 1.807) is 0 Å². The molecule has 1 aliphatic carbocycles. The number of hydrogen-bond donors (Lipinski definition) is 1. The molecule has 0 aromatic carbocycles. The zero-order valence-electron chi connectivity index (χ0n) is 9.71. The van der Waals surface area contributed by atoms with Crippen LogP contribution >= 0.6 is 0 Å². The zero-order chi connectivity index (χ0) is 10.5. The zero-order valence-corrected chi connectivity index (χ0v) is 9.71. The molecule has 2 fully saturated rings. The Kier molecular flexibility index (Phi) is 4.42. The first-order valence-electron chi connectivity index (χ1n) is 6.36. The van der Waals surface area contributed by atoms with Gasteiger partial charge < -0.3 is 14.8 Å². The van der Waals surface area contributed by atoms with Crippen LogP contribution in [0.5, 0.6) is 0 Å². The van der Waals surface area contributed by atoms with Gasteiger partial charge in [-0.25, -0.2) is 0 Å². The Balaban J connectivity index is 1.74. The first kappa shape index (κ1) is 11.4. The summed E-state index contributed by atoms with van der Waals surface area (Å²) in [6, 6.07) is 0.588. The normalized spacial score (nSPS) is 36.2. The predicted molar refractivity (Wildman–Crippen MR) is 60.0 cm³/mol. The topological polar surface area (TPSA) is 30.5 Å². The van der Waals surface area contributed by atoms with Crippen LogP contribution in [0.25, 0.3) is 0 Å². The van der Waals surface area contributed by atoms with E-state index < -0.39 is 0 Å². The predicted octanol–water partition coefficient (Wildman–Crippen LogP) is 1.71. The fourth-order valence-corrected chi connectivity index (χ4v) is 2.52. The smallest absolute Gasteiger partial charge is 0.0834 e. The second-order valence-corrected chi connectivity index (χ2v) is 4.65. The molecule has 3 unspecified atom stereocenters. The van der Waals surface area contributed by atoms with Crippen LogP contribution in [0.3, 0.4) is 0 Å². The van der Waals surface area contributed by atoms with Gasteiger partial charge in [-0.3, -0.25) is 0 Å². The first-order valence-corrected chi connectivity index (χ1v) is 6.36. The van der Waals surface area contributed by atoms with Crippen molar-refractivity contribution in [2.75, 3.05) is 19.8 Å². The van der Waals surface area contributed by atoms with Crippen LogP contribution in [-0.4, -0.2) is 38.0 Å². The summed E-state index contributed by atoms with van der Waals surface area (Å²) in [5.41, 5.74) is 0. The molecule has 0 bridgehead atoms. The van der Waals surface area contributed by atoms with Gasteiger partial charge in [0.2, 0.25) is 0 Å². The van der Waals surface area contributed by atoms with Crippen LogP contribution in [0.4, 0.5) is 0 Å². The van der Waals surface area contributed by atoms with Crippen LogP contribution in [0.1, 0.15) is 39.0 Å². The van der Waals surface area contributed by atoms with E-state index in [9.17, 15) is 0 Å². The second-order valence-electron chi connectivity index (χ2n) is 4.65. The molecular formula is C12H23NO2. The summed E-state index contributed by atoms with van der Waals surface area (Å²) in [6.07, 6.45) is 6.88. The van der Waals surface area contributed by atoms with Crippen LogP contribution in [-0.2, 0) is 9.47 Å². The fraction of sp³-hybridized carbons (Fsp3) is 1.00. The van der Waals surface area contributed by atoms with Crippen molar-refractivity contribution >= 4 is 0 Å². The molecular weight excluding hydrogens is 190 g/mol. The van der Waals surface area contributed by atoms with Gasteiger partial charge in [0.05, 0.1) is 18.8 Å². The summed E-state index contributed by atoms with van der Waals surface area (Å²) in [5, 5.41) is 3.59. The molecule has 1 saturated heterocycles. The molecule has 0 amide bonds. The Hall–Kier alpha value is -0.120. The molecule has 88 valence electrons. The van der Waals surface area contributed by atoms with Crippen LogP contribution < -0.4 is 5.32 Å². The quantitative estimate of drug-likeness (QED) is 0.754. The molecule has 1 heterocycles. The van der Waals surface area contributed by atoms with E-state index in [0.717, 1.165) is 26.2 Å². The molecule has 3 atom stereocenters. The van der Waals surface area contributed by atoms with E-state index in [0.29, 0.717) is 18.2 Å². The third-order valence-electron chi connectivity index (χ3n) is 3.36. The van der Waals surface area contributed by atoms with E-state index >= 15 is 0 Å². The molecule has 0 radical (unpaired) electrons. The lowest BCUT2D eigenvalue weighted by atomic mass is 10.2. The largest absolute Gasteiger partial charge is 0.379 e. The lowest BCUT2D eigenvalue weighted by molar-refractivity contribution is -0.0239. The molecule has 15 heavy (non-hydrogen) atoms. The van der Waals surface area contributed by atoms with Crippen LogP contribution in [0.15, 0.2) is 0 Å². The summed E-state index contributed by atoms with van der Waals surface area (Å²) < 4.78 is 11.4. The van der Waals surface area contributed by atoms with Gasteiger partial charge in [-0.05, 0) is 38.6 Å². The van der Waals surface area contributed by atoms with Gasteiger partial charge in [0.25, 0.3) is 0 Å². The molecule has 0 aromatic heterocycles. The number of hydrogen-bond acceptors (Lipinski definition) is 3. The number of rotatable bonds is 5. The standard InChI is InChI=1S/C12H23NO2/c1-2-7-13-11-4-3-5-12(11)15-10-6-8-14-9-10/h10-13H,2-9H2,1H3. The second kappa shape index (κ2) is 5.83. The maximum absolute atomic E-state index is 6.09. The van der Waals surface area contributed by atoms with E-state index in [1.165, 1.54) is 25.7 Å².